The van der Waals surface area contributed by atoms with Crippen LogP contribution in [0.5, 0.6) is 0 Å². The van der Waals surface area contributed by atoms with Gasteiger partial charge in [0, 0.05) is 0 Å². The molecule has 0 aromatic rings. The van der Waals surface area contributed by atoms with Crippen molar-refractivity contribution in [3.63, 3.8) is 0 Å². The van der Waals surface area contributed by atoms with Crippen molar-refractivity contribution in [3.05, 3.63) is 0 Å². The number of aliphatic hydroxyl groups excluding tert-OH is 6. The van der Waals surface area contributed by atoms with E-state index >= 15 is 0 Å². The molecule has 0 aromatic carbocycles. The molecule has 6 aliphatic carbocycles. The molecule has 18 atom stereocenters. The zero-order chi connectivity index (χ0) is 36.8. The van der Waals surface area contributed by atoms with Gasteiger partial charge in [-0.2, -0.15) is 0 Å². The first-order chi connectivity index (χ1) is 23.2. The molecule has 0 aromatic heterocycles. The molecule has 6 saturated carbocycles. The molecule has 0 aliphatic heterocycles. The standard InChI is InChI=1S/C41H73NO8/c1-23(9-10-26(44)32(46)27(45)21-50-35-31(42)33(47)34(48)41(35,49)22-43)24-13-18-37(4)25(24)14-19-39(6)29(37)11-12-30-38(5)17-8-16-36(2,3)28(38)15-20-40(30,39)7/h23-35,43-49H,8-22,42H2,1-7H3/t23?,24-,25?,26?,27?,28?,29?,30?,31?,32?,33?,34?,35?,37+,38+,39-,40-,41?/m1/s1. The van der Waals surface area contributed by atoms with E-state index in [-0.39, 0.29) is 0 Å². The summed E-state index contributed by atoms with van der Waals surface area (Å²) in [4.78, 5) is 0. The van der Waals surface area contributed by atoms with Crippen molar-refractivity contribution in [2.24, 2.45) is 68.3 Å². The van der Waals surface area contributed by atoms with Gasteiger partial charge in [0.15, 0.2) is 0 Å². The second-order valence-corrected chi connectivity index (χ2v) is 20.4. The monoisotopic (exact) mass is 708 g/mol. The van der Waals surface area contributed by atoms with Crippen LogP contribution in [-0.2, 0) is 4.74 Å². The van der Waals surface area contributed by atoms with Crippen LogP contribution in [0.4, 0.5) is 0 Å². The van der Waals surface area contributed by atoms with Gasteiger partial charge in [-0.3, -0.25) is 0 Å². The fourth-order valence-corrected chi connectivity index (χ4v) is 15.0. The lowest BCUT2D eigenvalue weighted by Gasteiger charge is -2.73. The minimum Gasteiger partial charge on any atom is -0.393 e. The van der Waals surface area contributed by atoms with E-state index in [0.717, 1.165) is 24.2 Å². The average molecular weight is 708 g/mol. The molecule has 6 aliphatic rings. The Kier molecular flexibility index (Phi) is 10.6. The zero-order valence-electron chi connectivity index (χ0n) is 32.2. The molecule has 0 bridgehead atoms. The molecular formula is C41H73NO8. The van der Waals surface area contributed by atoms with Crippen LogP contribution in [-0.4, -0.2) is 97.2 Å². The Morgan fingerprint density at radius 2 is 1.36 bits per heavy atom. The molecule has 0 saturated heterocycles. The van der Waals surface area contributed by atoms with Crippen molar-refractivity contribution in [3.8, 4) is 0 Å². The van der Waals surface area contributed by atoms with E-state index < -0.39 is 61.5 Å². The molecule has 9 nitrogen and oxygen atoms in total. The molecule has 0 spiro atoms. The molecule has 9 heteroatoms. The van der Waals surface area contributed by atoms with Gasteiger partial charge in [-0.05, 0) is 140 Å². The summed E-state index contributed by atoms with van der Waals surface area (Å²) in [5, 5.41) is 72.9. The van der Waals surface area contributed by atoms with Crippen molar-refractivity contribution in [1.29, 1.82) is 0 Å². The summed E-state index contributed by atoms with van der Waals surface area (Å²) in [6.07, 6.45) is 7.11. The third kappa shape index (κ3) is 5.72. The molecule has 50 heavy (non-hydrogen) atoms. The molecule has 9 N–H and O–H groups in total. The van der Waals surface area contributed by atoms with Crippen LogP contribution < -0.4 is 5.73 Å². The van der Waals surface area contributed by atoms with Crippen LogP contribution in [0.2, 0.25) is 0 Å². The maximum absolute atomic E-state index is 10.9. The van der Waals surface area contributed by atoms with Gasteiger partial charge in [-0.1, -0.05) is 54.9 Å². The van der Waals surface area contributed by atoms with Gasteiger partial charge in [-0.15, -0.1) is 0 Å². The lowest BCUT2D eigenvalue weighted by atomic mass is 9.32. The molecule has 6 fully saturated rings. The first kappa shape index (κ1) is 39.3. The quantitative estimate of drug-likeness (QED) is 0.166. The molecule has 290 valence electrons. The molecule has 0 amide bonds. The number of rotatable bonds is 10. The number of fused-ring (bicyclic) bond motifs is 7. The van der Waals surface area contributed by atoms with Crippen LogP contribution in [0.25, 0.3) is 0 Å². The second kappa shape index (κ2) is 13.4. The van der Waals surface area contributed by atoms with Gasteiger partial charge in [0.05, 0.1) is 25.4 Å². The second-order valence-electron chi connectivity index (χ2n) is 20.4. The largest absolute Gasteiger partial charge is 0.393 e. The van der Waals surface area contributed by atoms with E-state index in [1.807, 2.05) is 0 Å². The van der Waals surface area contributed by atoms with Crippen molar-refractivity contribution in [2.75, 3.05) is 13.2 Å². The van der Waals surface area contributed by atoms with Gasteiger partial charge in [0.1, 0.15) is 36.1 Å². The first-order valence-electron chi connectivity index (χ1n) is 20.3. The Balaban J connectivity index is 1.06. The third-order valence-corrected chi connectivity index (χ3v) is 18.0. The minimum absolute atomic E-state index is 0.327. The van der Waals surface area contributed by atoms with Crippen LogP contribution in [0.1, 0.15) is 132 Å². The maximum atomic E-state index is 10.9. The van der Waals surface area contributed by atoms with E-state index in [1.54, 1.807) is 0 Å². The van der Waals surface area contributed by atoms with E-state index in [9.17, 15) is 35.7 Å². The molecule has 6 rings (SSSR count). The van der Waals surface area contributed by atoms with E-state index in [4.69, 9.17) is 10.5 Å². The van der Waals surface area contributed by atoms with Crippen molar-refractivity contribution >= 4 is 0 Å². The normalized spacial score (nSPS) is 52.3. The van der Waals surface area contributed by atoms with Gasteiger partial charge >= 0.3 is 0 Å². The minimum atomic E-state index is -2.20. The summed E-state index contributed by atoms with van der Waals surface area (Å²) in [7, 11) is 0. The zero-order valence-corrected chi connectivity index (χ0v) is 32.2. The maximum Gasteiger partial charge on any atom is 0.144 e. The summed E-state index contributed by atoms with van der Waals surface area (Å²) in [5.74, 6) is 4.03. The summed E-state index contributed by atoms with van der Waals surface area (Å²) < 4.78 is 5.53. The van der Waals surface area contributed by atoms with Gasteiger partial charge < -0.3 is 46.2 Å². The Morgan fingerprint density at radius 1 is 0.740 bits per heavy atom. The number of hydrogen-bond acceptors (Lipinski definition) is 9. The predicted molar refractivity (Wildman–Crippen MR) is 193 cm³/mol. The van der Waals surface area contributed by atoms with Crippen LogP contribution in [0.3, 0.4) is 0 Å². The number of nitrogens with two attached hydrogens (primary N) is 1. The lowest BCUT2D eigenvalue weighted by molar-refractivity contribution is -0.241. The first-order valence-corrected chi connectivity index (χ1v) is 20.3. The van der Waals surface area contributed by atoms with Crippen molar-refractivity contribution in [2.45, 2.75) is 180 Å². The SMILES string of the molecule is CC(CCC(O)C(O)C(O)COC1C(N)C(O)C(O)C1(O)CO)[C@H]1CC[C@@]2(C)C1CC[C@]1(C)C2CCC2[C@@]3(C)CCCC(C)(C)C3CC[C@]21C. The highest BCUT2D eigenvalue weighted by Crippen LogP contribution is 2.78. The predicted octanol–water partition coefficient (Wildman–Crippen LogP) is 4.15. The fraction of sp³-hybridized carbons (Fsp3) is 1.00. The van der Waals surface area contributed by atoms with Gasteiger partial charge in [-0.25, -0.2) is 0 Å². The molecule has 0 radical (unpaired) electrons. The fourth-order valence-electron chi connectivity index (χ4n) is 15.0. The molecular weight excluding hydrogens is 634 g/mol. The lowest BCUT2D eigenvalue weighted by Crippen LogP contribution is -2.65. The Labute approximate surface area is 301 Å². The van der Waals surface area contributed by atoms with Gasteiger partial charge in [0.25, 0.3) is 0 Å². The smallest absolute Gasteiger partial charge is 0.144 e. The number of ether oxygens (including phenoxy) is 1. The van der Waals surface area contributed by atoms with E-state index in [2.05, 4.69) is 48.5 Å². The van der Waals surface area contributed by atoms with Gasteiger partial charge in [0.2, 0.25) is 0 Å². The Bertz CT molecular complexity index is 1220. The highest BCUT2D eigenvalue weighted by Gasteiger charge is 2.70. The summed E-state index contributed by atoms with van der Waals surface area (Å²) in [6, 6.07) is -1.20. The molecule has 13 unspecified atom stereocenters. The summed E-state index contributed by atoms with van der Waals surface area (Å²) >= 11 is 0. The van der Waals surface area contributed by atoms with Crippen LogP contribution in [0.15, 0.2) is 0 Å². The average Bonchev–Trinajstić information content (AvgIpc) is 3.49. The van der Waals surface area contributed by atoms with Crippen LogP contribution >= 0.6 is 0 Å². The Morgan fingerprint density at radius 3 is 2.00 bits per heavy atom. The van der Waals surface area contributed by atoms with Crippen molar-refractivity contribution < 1.29 is 40.5 Å². The van der Waals surface area contributed by atoms with Crippen molar-refractivity contribution in [1.82, 2.24) is 0 Å². The summed E-state index contributed by atoms with van der Waals surface area (Å²) in [5.41, 5.74) is 5.67. The highest BCUT2D eigenvalue weighted by molar-refractivity contribution is 5.19. The number of hydrogen-bond donors (Lipinski definition) is 8. The topological polar surface area (TPSA) is 177 Å². The highest BCUT2D eigenvalue weighted by atomic mass is 16.5. The van der Waals surface area contributed by atoms with Crippen LogP contribution in [0, 0.1) is 62.6 Å². The summed E-state index contributed by atoms with van der Waals surface area (Å²) in [6.45, 7) is 16.8. The van der Waals surface area contributed by atoms with E-state index in [1.165, 1.54) is 70.6 Å². The van der Waals surface area contributed by atoms with E-state index in [0.29, 0.717) is 51.2 Å². The Hall–Kier alpha value is -0.360. The number of aliphatic hydroxyl groups is 7. The molecule has 0 heterocycles. The third-order valence-electron chi connectivity index (χ3n) is 18.0.